The largest absolute Gasteiger partial charge is 0.326 e. The van der Waals surface area contributed by atoms with Gasteiger partial charge in [0.25, 0.3) is 0 Å². The number of aromatic nitrogens is 2. The van der Waals surface area contributed by atoms with E-state index in [9.17, 15) is 0 Å². The van der Waals surface area contributed by atoms with Crippen molar-refractivity contribution in [3.05, 3.63) is 192 Å². The Balaban J connectivity index is 0.000000257. The summed E-state index contributed by atoms with van der Waals surface area (Å²) in [6.45, 7) is 4.54. The molecule has 0 aliphatic rings. The number of aryl methyl sites for hydroxylation is 2. The van der Waals surface area contributed by atoms with Crippen LogP contribution in [0.15, 0.2) is 158 Å². The van der Waals surface area contributed by atoms with Gasteiger partial charge in [0.05, 0.1) is 28.9 Å². The van der Waals surface area contributed by atoms with Crippen LogP contribution in [0.1, 0.15) is 78.7 Å². The Labute approximate surface area is 286 Å². The summed E-state index contributed by atoms with van der Waals surface area (Å²) < 4.78 is 2.38. The van der Waals surface area contributed by atoms with Crippen molar-refractivity contribution < 1.29 is 0 Å². The van der Waals surface area contributed by atoms with E-state index >= 15 is 0 Å². The Hall–Kier alpha value is -4.41. The van der Waals surface area contributed by atoms with Gasteiger partial charge >= 0.3 is 0 Å². The molecule has 236 valence electrons. The van der Waals surface area contributed by atoms with Gasteiger partial charge < -0.3 is 4.57 Å². The maximum Gasteiger partial charge on any atom is 0.0965 e. The third-order valence-electron chi connectivity index (χ3n) is 9.01. The van der Waals surface area contributed by atoms with E-state index in [-0.39, 0.29) is 11.0 Å². The molecule has 1 aromatic heterocycles. The molecule has 0 amide bonds. The summed E-state index contributed by atoms with van der Waals surface area (Å²) in [5.74, 6) is -0.0163. The van der Waals surface area contributed by atoms with Gasteiger partial charge in [0.15, 0.2) is 0 Å². The molecule has 0 aliphatic carbocycles. The van der Waals surface area contributed by atoms with Crippen molar-refractivity contribution in [2.75, 3.05) is 0 Å². The number of unbranched alkanes of at least 4 members (excludes halogenated alkanes) is 2. The molecule has 6 rings (SSSR count). The van der Waals surface area contributed by atoms with Crippen LogP contribution >= 0.6 is 0 Å². The highest BCUT2D eigenvalue weighted by atomic mass is 28.2. The fourth-order valence-corrected chi connectivity index (χ4v) is 8.70. The van der Waals surface area contributed by atoms with Crippen LogP contribution in [-0.2, 0) is 18.0 Å². The average molecular weight is 631 g/mol. The maximum absolute atomic E-state index is 6.12. The van der Waals surface area contributed by atoms with Crippen molar-refractivity contribution in [2.45, 2.75) is 63.4 Å². The molecule has 0 spiro atoms. The Kier molecular flexibility index (Phi) is 12.6. The zero-order valence-corrected chi connectivity index (χ0v) is 29.4. The molecule has 47 heavy (non-hydrogen) atoms. The van der Waals surface area contributed by atoms with Crippen molar-refractivity contribution in [1.82, 2.24) is 9.55 Å². The fourth-order valence-electron chi connectivity index (χ4n) is 6.38. The van der Waals surface area contributed by atoms with E-state index in [2.05, 4.69) is 133 Å². The van der Waals surface area contributed by atoms with Gasteiger partial charge in [-0.25, -0.2) is 4.98 Å². The predicted octanol–water partition coefficient (Wildman–Crippen LogP) is 8.76. The summed E-state index contributed by atoms with van der Waals surface area (Å²) >= 11 is 0. The summed E-state index contributed by atoms with van der Waals surface area (Å²) in [7, 11) is 5.30. The van der Waals surface area contributed by atoms with Crippen molar-refractivity contribution in [3.63, 3.8) is 0 Å². The first-order valence-corrected chi connectivity index (χ1v) is 18.6. The summed E-state index contributed by atoms with van der Waals surface area (Å²) in [6, 6.07) is 50.0. The molecule has 2 radical (unpaired) electrons. The summed E-state index contributed by atoms with van der Waals surface area (Å²) in [5.41, 5.74) is 7.94. The van der Waals surface area contributed by atoms with Gasteiger partial charge in [0, 0.05) is 12.4 Å². The van der Waals surface area contributed by atoms with Crippen LogP contribution in [0.4, 0.5) is 0 Å². The zero-order valence-electron chi connectivity index (χ0n) is 28.0. The maximum atomic E-state index is 6.12. The highest BCUT2D eigenvalue weighted by molar-refractivity contribution is 6.57. The molecule has 1 heterocycles. The number of rotatable bonds is 13. The van der Waals surface area contributed by atoms with E-state index in [4.69, 9.17) is 7.85 Å². The average Bonchev–Trinajstić information content (AvgIpc) is 3.69. The first-order chi connectivity index (χ1) is 23.1. The fraction of sp³-hybridized carbons (Fsp3) is 0.233. The zero-order chi connectivity index (χ0) is 32.7. The molecule has 0 fully saturated rings. The molecule has 2 nitrogen and oxygen atoms in total. The second kappa shape index (κ2) is 17.5. The second-order valence-electron chi connectivity index (χ2n) is 12.4. The van der Waals surface area contributed by atoms with Crippen LogP contribution in [-0.4, -0.2) is 26.9 Å². The molecule has 0 bridgehead atoms. The van der Waals surface area contributed by atoms with E-state index in [0.717, 1.165) is 24.0 Å². The minimum atomic E-state index is -0.817. The van der Waals surface area contributed by atoms with Crippen LogP contribution in [0.25, 0.3) is 0 Å². The SMILES string of the molecule is CCCCc1cccc(C([SiH2]c2ccccc2)(c2cccc(CCCC)c2)n2ccnc2)c1.[B]C(c1ccccc1)c1ccccc1. The molecule has 0 aliphatic heterocycles. The standard InChI is InChI=1S/C30H36N2Si.C13H11B/c1-3-5-12-25-14-10-16-27(22-25)30(32-21-20-31-24-32,33-29-18-8-7-9-19-29)28-17-11-15-26(23-28)13-6-4-2;14-13(11-7-3-1-4-8-11)12-9-5-2-6-10-12/h7-11,14-24H,3-6,12-13,33H2,1-2H3;1-10,13H. The Bertz CT molecular complexity index is 1650. The summed E-state index contributed by atoms with van der Waals surface area (Å²) in [5, 5.41) is 1.24. The van der Waals surface area contributed by atoms with Gasteiger partial charge in [-0.05, 0) is 64.9 Å². The Morgan fingerprint density at radius 2 is 1.13 bits per heavy atom. The Morgan fingerprint density at radius 1 is 0.638 bits per heavy atom. The van der Waals surface area contributed by atoms with E-state index in [1.54, 1.807) is 0 Å². The van der Waals surface area contributed by atoms with Crippen molar-refractivity contribution >= 4 is 22.6 Å². The number of hydrogen-bond donors (Lipinski definition) is 0. The third-order valence-corrected chi connectivity index (χ3v) is 11.6. The third kappa shape index (κ3) is 8.90. The molecule has 4 heteroatoms. The molecular formula is C43H47BN2Si. The lowest BCUT2D eigenvalue weighted by atomic mass is 9.76. The lowest BCUT2D eigenvalue weighted by molar-refractivity contribution is 0.594. The van der Waals surface area contributed by atoms with E-state index in [1.165, 1.54) is 53.1 Å². The number of imidazole rings is 1. The topological polar surface area (TPSA) is 17.8 Å². The molecule has 0 saturated carbocycles. The molecule has 0 atom stereocenters. The van der Waals surface area contributed by atoms with Crippen molar-refractivity contribution in [3.8, 4) is 0 Å². The molecule has 0 saturated heterocycles. The first-order valence-electron chi connectivity index (χ1n) is 17.2. The quantitative estimate of drug-likeness (QED) is 0.117. The minimum Gasteiger partial charge on any atom is -0.326 e. The molecule has 0 unspecified atom stereocenters. The van der Waals surface area contributed by atoms with Crippen LogP contribution in [0.5, 0.6) is 0 Å². The minimum absolute atomic E-state index is 0.0163. The molecular weight excluding hydrogens is 583 g/mol. The van der Waals surface area contributed by atoms with E-state index in [0.29, 0.717) is 0 Å². The monoisotopic (exact) mass is 630 g/mol. The van der Waals surface area contributed by atoms with Gasteiger partial charge in [0.1, 0.15) is 0 Å². The normalized spacial score (nSPS) is 11.5. The molecule has 5 aromatic carbocycles. The van der Waals surface area contributed by atoms with Crippen molar-refractivity contribution in [1.29, 1.82) is 0 Å². The van der Waals surface area contributed by atoms with E-state index < -0.39 is 9.52 Å². The Morgan fingerprint density at radius 3 is 1.57 bits per heavy atom. The predicted molar refractivity (Wildman–Crippen MR) is 204 cm³/mol. The van der Waals surface area contributed by atoms with Crippen LogP contribution in [0.3, 0.4) is 0 Å². The summed E-state index contributed by atoms with van der Waals surface area (Å²) in [6.07, 6.45) is 13.3. The lowest BCUT2D eigenvalue weighted by Gasteiger charge is -2.37. The summed E-state index contributed by atoms with van der Waals surface area (Å²) in [4.78, 5) is 4.51. The van der Waals surface area contributed by atoms with Gasteiger partial charge in [-0.3, -0.25) is 0 Å². The number of hydrogen-bond acceptors (Lipinski definition) is 1. The molecule has 6 aromatic rings. The number of nitrogens with zero attached hydrogens (tertiary/aromatic N) is 2. The van der Waals surface area contributed by atoms with Gasteiger partial charge in [-0.2, -0.15) is 0 Å². The van der Waals surface area contributed by atoms with Crippen molar-refractivity contribution in [2.24, 2.45) is 0 Å². The highest BCUT2D eigenvalue weighted by Gasteiger charge is 2.37. The first kappa shape index (κ1) is 33.9. The van der Waals surface area contributed by atoms with Crippen LogP contribution in [0, 0.1) is 0 Å². The highest BCUT2D eigenvalue weighted by Crippen LogP contribution is 2.35. The second-order valence-corrected chi connectivity index (χ2v) is 14.6. The number of benzene rings is 5. The van der Waals surface area contributed by atoms with Gasteiger partial charge in [-0.1, -0.05) is 171 Å². The van der Waals surface area contributed by atoms with Gasteiger partial charge in [0.2, 0.25) is 0 Å². The van der Waals surface area contributed by atoms with Crippen LogP contribution in [0.2, 0.25) is 0 Å². The van der Waals surface area contributed by atoms with E-state index in [1.807, 2.05) is 48.9 Å². The van der Waals surface area contributed by atoms with Crippen LogP contribution < -0.4 is 5.19 Å². The molecule has 0 N–H and O–H groups in total. The smallest absolute Gasteiger partial charge is 0.0965 e. The lowest BCUT2D eigenvalue weighted by Crippen LogP contribution is -2.46. The van der Waals surface area contributed by atoms with Gasteiger partial charge in [-0.15, -0.1) is 0 Å².